The van der Waals surface area contributed by atoms with Crippen molar-refractivity contribution in [1.29, 1.82) is 0 Å². The van der Waals surface area contributed by atoms with Crippen LogP contribution in [-0.2, 0) is 0 Å². The maximum absolute atomic E-state index is 4.24. The molecule has 0 saturated carbocycles. The number of nitrogens with zero attached hydrogens (tertiary/aromatic N) is 2. The Hall–Kier alpha value is -2.88. The molecule has 4 nitrogen and oxygen atoms in total. The predicted octanol–water partition coefficient (Wildman–Crippen LogP) is 4.27. The van der Waals surface area contributed by atoms with Crippen LogP contribution in [0.25, 0.3) is 0 Å². The lowest BCUT2D eigenvalue weighted by Crippen LogP contribution is -1.98. The summed E-state index contributed by atoms with van der Waals surface area (Å²) in [7, 11) is 0. The van der Waals surface area contributed by atoms with Gasteiger partial charge in [0.1, 0.15) is 18.0 Å². The fourth-order valence-corrected chi connectivity index (χ4v) is 1.95. The van der Waals surface area contributed by atoms with Crippen molar-refractivity contribution < 1.29 is 0 Å². The van der Waals surface area contributed by atoms with Crippen molar-refractivity contribution >= 4 is 23.0 Å². The van der Waals surface area contributed by atoms with Crippen LogP contribution in [0.1, 0.15) is 5.56 Å². The molecule has 1 aromatic heterocycles. The number of aromatic nitrogens is 2. The second-order valence-corrected chi connectivity index (χ2v) is 4.77. The third-order valence-corrected chi connectivity index (χ3v) is 3.04. The van der Waals surface area contributed by atoms with Gasteiger partial charge in [-0.1, -0.05) is 35.9 Å². The van der Waals surface area contributed by atoms with Gasteiger partial charge in [0.05, 0.1) is 0 Å². The van der Waals surface area contributed by atoms with Crippen molar-refractivity contribution in [3.05, 3.63) is 72.6 Å². The van der Waals surface area contributed by atoms with Gasteiger partial charge in [0.2, 0.25) is 0 Å². The Labute approximate surface area is 123 Å². The summed E-state index contributed by atoms with van der Waals surface area (Å²) < 4.78 is 0. The highest BCUT2D eigenvalue weighted by Crippen LogP contribution is 2.19. The van der Waals surface area contributed by atoms with Crippen LogP contribution in [0.5, 0.6) is 0 Å². The van der Waals surface area contributed by atoms with E-state index in [9.17, 15) is 0 Å². The number of anilines is 4. The van der Waals surface area contributed by atoms with Crippen molar-refractivity contribution in [3.63, 3.8) is 0 Å². The van der Waals surface area contributed by atoms with Crippen molar-refractivity contribution in [2.75, 3.05) is 10.6 Å². The van der Waals surface area contributed by atoms with Crippen LogP contribution >= 0.6 is 0 Å². The molecule has 21 heavy (non-hydrogen) atoms. The van der Waals surface area contributed by atoms with Gasteiger partial charge >= 0.3 is 0 Å². The molecule has 3 aromatic rings. The van der Waals surface area contributed by atoms with Crippen molar-refractivity contribution in [2.45, 2.75) is 6.92 Å². The van der Waals surface area contributed by atoms with Crippen LogP contribution < -0.4 is 10.6 Å². The van der Waals surface area contributed by atoms with Crippen molar-refractivity contribution in [1.82, 2.24) is 9.97 Å². The Morgan fingerprint density at radius 3 is 1.90 bits per heavy atom. The summed E-state index contributed by atoms with van der Waals surface area (Å²) in [5.74, 6) is 1.51. The summed E-state index contributed by atoms with van der Waals surface area (Å²) in [6.45, 7) is 2.07. The summed E-state index contributed by atoms with van der Waals surface area (Å²) in [5, 5.41) is 6.51. The van der Waals surface area contributed by atoms with Gasteiger partial charge < -0.3 is 10.6 Å². The Balaban J connectivity index is 1.75. The summed E-state index contributed by atoms with van der Waals surface area (Å²) >= 11 is 0. The first-order chi connectivity index (χ1) is 10.3. The van der Waals surface area contributed by atoms with E-state index < -0.39 is 0 Å². The van der Waals surface area contributed by atoms with E-state index in [1.807, 2.05) is 48.5 Å². The highest BCUT2D eigenvalue weighted by Gasteiger charge is 2.00. The van der Waals surface area contributed by atoms with E-state index in [-0.39, 0.29) is 0 Å². The molecule has 2 N–H and O–H groups in total. The minimum atomic E-state index is 0.755. The summed E-state index contributed by atoms with van der Waals surface area (Å²) in [5.41, 5.74) is 3.23. The number of benzene rings is 2. The van der Waals surface area contributed by atoms with Crippen molar-refractivity contribution in [3.8, 4) is 0 Å². The van der Waals surface area contributed by atoms with Gasteiger partial charge in [-0.2, -0.15) is 0 Å². The fourth-order valence-electron chi connectivity index (χ4n) is 1.95. The standard InChI is InChI=1S/C17H16N4/c1-13-7-9-15(10-8-13)21-17-11-16(18-12-19-17)20-14-5-3-2-4-6-14/h2-12H,1H3,(H2,18,19,20,21). The molecule has 0 spiro atoms. The summed E-state index contributed by atoms with van der Waals surface area (Å²) in [6.07, 6.45) is 1.54. The first-order valence-electron chi connectivity index (χ1n) is 6.77. The zero-order valence-electron chi connectivity index (χ0n) is 11.7. The third-order valence-electron chi connectivity index (χ3n) is 3.04. The molecule has 0 aliphatic rings. The summed E-state index contributed by atoms with van der Waals surface area (Å²) in [4.78, 5) is 8.46. The molecule has 1 heterocycles. The van der Waals surface area contributed by atoms with E-state index in [1.165, 1.54) is 5.56 Å². The SMILES string of the molecule is Cc1ccc(Nc2cc(Nc3ccccc3)ncn2)cc1. The average molecular weight is 276 g/mol. The van der Waals surface area contributed by atoms with Gasteiger partial charge in [-0.05, 0) is 31.2 Å². The molecule has 3 rings (SSSR count). The van der Waals surface area contributed by atoms with E-state index in [4.69, 9.17) is 0 Å². The molecule has 0 unspecified atom stereocenters. The second-order valence-electron chi connectivity index (χ2n) is 4.77. The number of nitrogens with one attached hydrogen (secondary N) is 2. The molecule has 0 fully saturated rings. The fraction of sp³-hybridized carbons (Fsp3) is 0.0588. The number of rotatable bonds is 4. The molecule has 0 aliphatic heterocycles. The van der Waals surface area contributed by atoms with Crippen molar-refractivity contribution in [2.24, 2.45) is 0 Å². The lowest BCUT2D eigenvalue weighted by atomic mass is 10.2. The van der Waals surface area contributed by atoms with Gasteiger partial charge in [-0.25, -0.2) is 9.97 Å². The molecular formula is C17H16N4. The van der Waals surface area contributed by atoms with Gasteiger partial charge in [0.25, 0.3) is 0 Å². The molecule has 4 heteroatoms. The average Bonchev–Trinajstić information content (AvgIpc) is 2.51. The molecule has 0 saturated heterocycles. The minimum absolute atomic E-state index is 0.755. The molecule has 0 atom stereocenters. The zero-order chi connectivity index (χ0) is 14.5. The van der Waals surface area contributed by atoms with Crippen LogP contribution in [-0.4, -0.2) is 9.97 Å². The van der Waals surface area contributed by atoms with Crippen LogP contribution in [0.4, 0.5) is 23.0 Å². The van der Waals surface area contributed by atoms with E-state index in [0.717, 1.165) is 23.0 Å². The first-order valence-corrected chi connectivity index (χ1v) is 6.77. The van der Waals surface area contributed by atoms with E-state index >= 15 is 0 Å². The van der Waals surface area contributed by atoms with Crippen LogP contribution in [0, 0.1) is 6.92 Å². The van der Waals surface area contributed by atoms with Crippen LogP contribution in [0.15, 0.2) is 67.0 Å². The van der Waals surface area contributed by atoms with E-state index in [1.54, 1.807) is 6.33 Å². The lowest BCUT2D eigenvalue weighted by Gasteiger charge is -2.08. The Bertz CT molecular complexity index is 708. The molecule has 0 bridgehead atoms. The lowest BCUT2D eigenvalue weighted by molar-refractivity contribution is 1.17. The number of hydrogen-bond donors (Lipinski definition) is 2. The molecule has 0 radical (unpaired) electrons. The Morgan fingerprint density at radius 2 is 1.29 bits per heavy atom. The van der Waals surface area contributed by atoms with Gasteiger partial charge in [-0.3, -0.25) is 0 Å². The maximum Gasteiger partial charge on any atom is 0.135 e. The number of aryl methyl sites for hydroxylation is 1. The summed E-state index contributed by atoms with van der Waals surface area (Å²) in [6, 6.07) is 20.0. The normalized spacial score (nSPS) is 10.1. The van der Waals surface area contributed by atoms with Gasteiger partial charge in [0, 0.05) is 17.4 Å². The molecule has 0 aliphatic carbocycles. The highest BCUT2D eigenvalue weighted by atomic mass is 15.1. The number of para-hydroxylation sites is 1. The first kappa shape index (κ1) is 13.1. The monoisotopic (exact) mass is 276 g/mol. The molecular weight excluding hydrogens is 260 g/mol. The quantitative estimate of drug-likeness (QED) is 0.747. The predicted molar refractivity (Wildman–Crippen MR) is 86.2 cm³/mol. The van der Waals surface area contributed by atoms with Gasteiger partial charge in [-0.15, -0.1) is 0 Å². The molecule has 2 aromatic carbocycles. The largest absolute Gasteiger partial charge is 0.340 e. The van der Waals surface area contributed by atoms with E-state index in [2.05, 4.69) is 39.7 Å². The topological polar surface area (TPSA) is 49.8 Å². The van der Waals surface area contributed by atoms with Crippen LogP contribution in [0.3, 0.4) is 0 Å². The highest BCUT2D eigenvalue weighted by molar-refractivity contribution is 5.62. The Morgan fingerprint density at radius 1 is 0.714 bits per heavy atom. The van der Waals surface area contributed by atoms with Gasteiger partial charge in [0.15, 0.2) is 0 Å². The Kier molecular flexibility index (Phi) is 3.78. The smallest absolute Gasteiger partial charge is 0.135 e. The maximum atomic E-state index is 4.24. The zero-order valence-corrected chi connectivity index (χ0v) is 11.7. The van der Waals surface area contributed by atoms with E-state index in [0.29, 0.717) is 0 Å². The molecule has 0 amide bonds. The minimum Gasteiger partial charge on any atom is -0.340 e. The number of hydrogen-bond acceptors (Lipinski definition) is 4. The second kappa shape index (κ2) is 6.05. The van der Waals surface area contributed by atoms with Crippen LogP contribution in [0.2, 0.25) is 0 Å². The molecule has 104 valence electrons. The third kappa shape index (κ3) is 3.57.